The van der Waals surface area contributed by atoms with Crippen molar-refractivity contribution in [2.45, 2.75) is 6.92 Å². The molecule has 0 aliphatic carbocycles. The quantitative estimate of drug-likeness (QED) is 0.729. The largest absolute Gasteiger partial charge is 0.369 e. The summed E-state index contributed by atoms with van der Waals surface area (Å²) in [6.07, 6.45) is 0. The van der Waals surface area contributed by atoms with Crippen molar-refractivity contribution in [3.63, 3.8) is 0 Å². The zero-order valence-corrected chi connectivity index (χ0v) is 10.2. The Bertz CT molecular complexity index is 778. The van der Waals surface area contributed by atoms with Gasteiger partial charge in [0.05, 0.1) is 16.7 Å². The number of halogens is 2. The summed E-state index contributed by atoms with van der Waals surface area (Å²) in [6, 6.07) is 9.00. The van der Waals surface area contributed by atoms with Gasteiger partial charge in [0.2, 0.25) is 5.95 Å². The number of aryl methyl sites for hydroxylation is 1. The molecule has 2 aromatic carbocycles. The van der Waals surface area contributed by atoms with E-state index in [1.807, 2.05) is 0 Å². The van der Waals surface area contributed by atoms with Crippen molar-refractivity contribution >= 4 is 17.0 Å². The maximum absolute atomic E-state index is 13.6. The van der Waals surface area contributed by atoms with Gasteiger partial charge in [0.15, 0.2) is 0 Å². The first kappa shape index (κ1) is 11.6. The third-order valence-electron chi connectivity index (χ3n) is 3.06. The lowest BCUT2D eigenvalue weighted by Gasteiger charge is -2.07. The summed E-state index contributed by atoms with van der Waals surface area (Å²) < 4.78 is 28.4. The lowest BCUT2D eigenvalue weighted by molar-refractivity contribution is 0.617. The van der Waals surface area contributed by atoms with E-state index in [1.165, 1.54) is 18.2 Å². The number of nitrogen functional groups attached to an aromatic ring is 1. The van der Waals surface area contributed by atoms with Crippen LogP contribution in [0.3, 0.4) is 0 Å². The Labute approximate surface area is 108 Å². The second kappa shape index (κ2) is 4.05. The third kappa shape index (κ3) is 1.83. The number of fused-ring (bicyclic) bond motifs is 1. The van der Waals surface area contributed by atoms with E-state index in [0.717, 1.165) is 0 Å². The summed E-state index contributed by atoms with van der Waals surface area (Å²) in [5.41, 5.74) is 8.03. The number of aromatic nitrogens is 2. The van der Waals surface area contributed by atoms with Gasteiger partial charge in [-0.3, -0.25) is 4.57 Å². The molecule has 0 saturated heterocycles. The van der Waals surface area contributed by atoms with Crippen molar-refractivity contribution in [3.8, 4) is 5.69 Å². The molecule has 3 aromatic rings. The van der Waals surface area contributed by atoms with Crippen LogP contribution >= 0.6 is 0 Å². The minimum absolute atomic E-state index is 0.198. The molecule has 0 aliphatic heterocycles. The minimum Gasteiger partial charge on any atom is -0.369 e. The van der Waals surface area contributed by atoms with Crippen LogP contribution in [0, 0.1) is 18.6 Å². The van der Waals surface area contributed by atoms with Gasteiger partial charge in [-0.05, 0) is 36.8 Å². The molecule has 0 saturated carbocycles. The van der Waals surface area contributed by atoms with E-state index in [2.05, 4.69) is 4.98 Å². The molecular weight excluding hydrogens is 248 g/mol. The predicted octanol–water partition coefficient (Wildman–Crippen LogP) is 3.19. The average Bonchev–Trinajstić information content (AvgIpc) is 2.68. The Hall–Kier alpha value is -2.43. The molecule has 1 aromatic heterocycles. The molecule has 2 N–H and O–H groups in total. The molecule has 3 rings (SSSR count). The van der Waals surface area contributed by atoms with Crippen molar-refractivity contribution in [2.24, 2.45) is 0 Å². The summed E-state index contributed by atoms with van der Waals surface area (Å²) in [6.45, 7) is 1.68. The van der Waals surface area contributed by atoms with E-state index in [9.17, 15) is 8.78 Å². The van der Waals surface area contributed by atoms with Crippen LogP contribution in [0.1, 0.15) is 5.56 Å². The van der Waals surface area contributed by atoms with Gasteiger partial charge in [-0.1, -0.05) is 6.07 Å². The van der Waals surface area contributed by atoms with Crippen molar-refractivity contribution in [1.29, 1.82) is 0 Å². The summed E-state index contributed by atoms with van der Waals surface area (Å²) in [7, 11) is 0. The van der Waals surface area contributed by atoms with Gasteiger partial charge in [0, 0.05) is 6.07 Å². The van der Waals surface area contributed by atoms with Gasteiger partial charge in [-0.15, -0.1) is 0 Å². The summed E-state index contributed by atoms with van der Waals surface area (Å²) >= 11 is 0. The Kier molecular flexibility index (Phi) is 2.48. The number of hydrogen-bond donors (Lipinski definition) is 1. The maximum Gasteiger partial charge on any atom is 0.205 e. The van der Waals surface area contributed by atoms with Gasteiger partial charge in [0.1, 0.15) is 11.6 Å². The molecule has 5 heteroatoms. The SMILES string of the molecule is Cc1ccc(-n2c(N)nc3cc(F)ccc32)cc1F. The molecule has 0 radical (unpaired) electrons. The standard InChI is InChI=1S/C14H11F2N3/c1-8-2-4-10(7-11(8)16)19-13-5-3-9(15)6-12(13)18-14(19)17/h2-7H,1H3,(H2,17,18). The Morgan fingerprint density at radius 2 is 1.89 bits per heavy atom. The molecule has 1 heterocycles. The smallest absolute Gasteiger partial charge is 0.205 e. The van der Waals surface area contributed by atoms with Gasteiger partial charge in [-0.25, -0.2) is 13.8 Å². The van der Waals surface area contributed by atoms with Crippen molar-refractivity contribution < 1.29 is 8.78 Å². The maximum atomic E-state index is 13.6. The zero-order valence-electron chi connectivity index (χ0n) is 10.2. The number of rotatable bonds is 1. The summed E-state index contributed by atoms with van der Waals surface area (Å²) in [5.74, 6) is -0.503. The number of imidazole rings is 1. The van der Waals surface area contributed by atoms with Crippen LogP contribution in [0.15, 0.2) is 36.4 Å². The lowest BCUT2D eigenvalue weighted by Crippen LogP contribution is -2.01. The van der Waals surface area contributed by atoms with Gasteiger partial charge < -0.3 is 5.73 Å². The second-order valence-electron chi connectivity index (χ2n) is 4.37. The highest BCUT2D eigenvalue weighted by atomic mass is 19.1. The van der Waals surface area contributed by atoms with E-state index < -0.39 is 0 Å². The highest BCUT2D eigenvalue weighted by Crippen LogP contribution is 2.24. The fourth-order valence-electron chi connectivity index (χ4n) is 2.06. The first-order valence-electron chi connectivity index (χ1n) is 5.76. The number of benzene rings is 2. The van der Waals surface area contributed by atoms with Crippen molar-refractivity contribution in [3.05, 3.63) is 53.6 Å². The van der Waals surface area contributed by atoms with Crippen molar-refractivity contribution in [2.75, 3.05) is 5.73 Å². The van der Waals surface area contributed by atoms with E-state index in [4.69, 9.17) is 5.73 Å². The molecule has 19 heavy (non-hydrogen) atoms. The zero-order chi connectivity index (χ0) is 13.6. The van der Waals surface area contributed by atoms with Crippen molar-refractivity contribution in [1.82, 2.24) is 9.55 Å². The molecule has 0 atom stereocenters. The Morgan fingerprint density at radius 1 is 1.11 bits per heavy atom. The topological polar surface area (TPSA) is 43.8 Å². The van der Waals surface area contributed by atoms with E-state index >= 15 is 0 Å². The van der Waals surface area contributed by atoms with Crippen LogP contribution in [-0.4, -0.2) is 9.55 Å². The molecule has 0 spiro atoms. The van der Waals surface area contributed by atoms with Crippen LogP contribution in [0.25, 0.3) is 16.7 Å². The number of anilines is 1. The molecule has 0 unspecified atom stereocenters. The van der Waals surface area contributed by atoms with Crippen LogP contribution in [-0.2, 0) is 0 Å². The molecule has 0 aliphatic rings. The minimum atomic E-state index is -0.382. The number of nitrogens with two attached hydrogens (primary N) is 1. The van der Waals surface area contributed by atoms with Crippen LogP contribution < -0.4 is 5.73 Å². The Balaban J connectivity index is 2.29. The van der Waals surface area contributed by atoms with Crippen LogP contribution in [0.4, 0.5) is 14.7 Å². The summed E-state index contributed by atoms with van der Waals surface area (Å²) in [4.78, 5) is 4.08. The van der Waals surface area contributed by atoms with E-state index in [1.54, 1.807) is 29.7 Å². The van der Waals surface area contributed by atoms with Crippen LogP contribution in [0.5, 0.6) is 0 Å². The van der Waals surface area contributed by atoms with E-state index in [0.29, 0.717) is 22.3 Å². The predicted molar refractivity (Wildman–Crippen MR) is 70.1 cm³/mol. The normalized spacial score (nSPS) is 11.1. The second-order valence-corrected chi connectivity index (χ2v) is 4.37. The third-order valence-corrected chi connectivity index (χ3v) is 3.06. The number of hydrogen-bond acceptors (Lipinski definition) is 2. The Morgan fingerprint density at radius 3 is 2.63 bits per heavy atom. The fraction of sp³-hybridized carbons (Fsp3) is 0.0714. The fourth-order valence-corrected chi connectivity index (χ4v) is 2.06. The van der Waals surface area contributed by atoms with Gasteiger partial charge >= 0.3 is 0 Å². The molecular formula is C14H11F2N3. The number of nitrogens with zero attached hydrogens (tertiary/aromatic N) is 2. The molecule has 96 valence electrons. The monoisotopic (exact) mass is 259 g/mol. The lowest BCUT2D eigenvalue weighted by atomic mass is 10.2. The van der Waals surface area contributed by atoms with Crippen LogP contribution in [0.2, 0.25) is 0 Å². The molecule has 0 fully saturated rings. The molecule has 3 nitrogen and oxygen atoms in total. The van der Waals surface area contributed by atoms with E-state index in [-0.39, 0.29) is 17.6 Å². The van der Waals surface area contributed by atoms with Gasteiger partial charge in [0.25, 0.3) is 0 Å². The highest BCUT2D eigenvalue weighted by Gasteiger charge is 2.11. The summed E-state index contributed by atoms with van der Waals surface area (Å²) in [5, 5.41) is 0. The molecule has 0 bridgehead atoms. The molecule has 0 amide bonds. The first-order chi connectivity index (χ1) is 9.06. The first-order valence-corrected chi connectivity index (χ1v) is 5.76. The highest BCUT2D eigenvalue weighted by molar-refractivity contribution is 5.80. The van der Waals surface area contributed by atoms with Gasteiger partial charge in [-0.2, -0.15) is 0 Å². The average molecular weight is 259 g/mol.